The van der Waals surface area contributed by atoms with Crippen molar-refractivity contribution in [2.45, 2.75) is 12.5 Å². The summed E-state index contributed by atoms with van der Waals surface area (Å²) in [6, 6.07) is 4.59. The first-order valence-corrected chi connectivity index (χ1v) is 4.05. The molecule has 1 unspecified atom stereocenters. The lowest BCUT2D eigenvalue weighted by molar-refractivity contribution is -0.385. The highest BCUT2D eigenvalue weighted by atomic mass is 19.1. The molecular weight excluding hydrogens is 203 g/mol. The van der Waals surface area contributed by atoms with Crippen LogP contribution in [0.5, 0.6) is 0 Å². The summed E-state index contributed by atoms with van der Waals surface area (Å²) in [5, 5.41) is 27.9. The minimum absolute atomic E-state index is 0.109. The van der Waals surface area contributed by atoms with Crippen molar-refractivity contribution in [2.24, 2.45) is 0 Å². The standard InChI is InChI=1S/C9H7FN2O3/c10-8-5-6(12(14)15)1-2-7(8)9(13)3-4-11/h1-2,5,9,13H,3H2. The first-order chi connectivity index (χ1) is 7.06. The Kier molecular flexibility index (Phi) is 3.31. The third-order valence-electron chi connectivity index (χ3n) is 1.84. The maximum atomic E-state index is 13.2. The zero-order valence-corrected chi connectivity index (χ0v) is 7.55. The third-order valence-corrected chi connectivity index (χ3v) is 1.84. The molecule has 0 fully saturated rings. The molecule has 0 spiro atoms. The molecule has 0 radical (unpaired) electrons. The van der Waals surface area contributed by atoms with Crippen molar-refractivity contribution in [3.8, 4) is 6.07 Å². The smallest absolute Gasteiger partial charge is 0.272 e. The number of nitriles is 1. The molecule has 1 rings (SSSR count). The van der Waals surface area contributed by atoms with E-state index in [0.717, 1.165) is 18.2 Å². The van der Waals surface area contributed by atoms with E-state index in [-0.39, 0.29) is 17.7 Å². The minimum atomic E-state index is -1.25. The summed E-state index contributed by atoms with van der Waals surface area (Å²) in [5.74, 6) is -0.882. The molecule has 1 N–H and O–H groups in total. The lowest BCUT2D eigenvalue weighted by atomic mass is 10.1. The fraction of sp³-hybridized carbons (Fsp3) is 0.222. The van der Waals surface area contributed by atoms with E-state index >= 15 is 0 Å². The number of aliphatic hydroxyl groups excluding tert-OH is 1. The van der Waals surface area contributed by atoms with Crippen molar-refractivity contribution in [2.75, 3.05) is 0 Å². The summed E-state index contributed by atoms with van der Waals surface area (Å²) in [6.07, 6.45) is -1.51. The largest absolute Gasteiger partial charge is 0.387 e. The van der Waals surface area contributed by atoms with Crippen LogP contribution in [0.25, 0.3) is 0 Å². The molecule has 0 aromatic heterocycles. The molecule has 6 heteroatoms. The van der Waals surface area contributed by atoms with Gasteiger partial charge in [-0.1, -0.05) is 0 Å². The molecule has 0 saturated carbocycles. The second-order valence-electron chi connectivity index (χ2n) is 2.84. The molecule has 15 heavy (non-hydrogen) atoms. The Morgan fingerprint density at radius 2 is 2.33 bits per heavy atom. The molecule has 0 saturated heterocycles. The van der Waals surface area contributed by atoms with Gasteiger partial charge in [0.2, 0.25) is 0 Å². The third kappa shape index (κ3) is 2.48. The molecule has 0 aliphatic rings. The van der Waals surface area contributed by atoms with Gasteiger partial charge in [-0.25, -0.2) is 4.39 Å². The Morgan fingerprint density at radius 3 is 2.80 bits per heavy atom. The average molecular weight is 210 g/mol. The summed E-state index contributed by atoms with van der Waals surface area (Å²) in [4.78, 5) is 9.55. The summed E-state index contributed by atoms with van der Waals surface area (Å²) in [7, 11) is 0. The van der Waals surface area contributed by atoms with E-state index in [9.17, 15) is 19.6 Å². The molecule has 0 aliphatic heterocycles. The van der Waals surface area contributed by atoms with E-state index in [1.54, 1.807) is 6.07 Å². The molecule has 1 atom stereocenters. The van der Waals surface area contributed by atoms with Crippen LogP contribution in [-0.2, 0) is 0 Å². The summed E-state index contributed by atoms with van der Waals surface area (Å²) in [6.45, 7) is 0. The van der Waals surface area contributed by atoms with Gasteiger partial charge in [0, 0.05) is 11.6 Å². The zero-order chi connectivity index (χ0) is 11.4. The van der Waals surface area contributed by atoms with Crippen molar-refractivity contribution in [3.63, 3.8) is 0 Å². The molecule has 1 aromatic carbocycles. The second kappa shape index (κ2) is 4.48. The van der Waals surface area contributed by atoms with Crippen molar-refractivity contribution in [1.29, 1.82) is 5.26 Å². The molecule has 0 heterocycles. The minimum Gasteiger partial charge on any atom is -0.387 e. The molecule has 5 nitrogen and oxygen atoms in total. The van der Waals surface area contributed by atoms with Crippen LogP contribution in [0.4, 0.5) is 10.1 Å². The lowest BCUT2D eigenvalue weighted by Crippen LogP contribution is -2.00. The Balaban J connectivity index is 3.03. The fourth-order valence-corrected chi connectivity index (χ4v) is 1.10. The molecular formula is C9H7FN2O3. The summed E-state index contributed by atoms with van der Waals surface area (Å²) >= 11 is 0. The van der Waals surface area contributed by atoms with Crippen LogP contribution in [0.3, 0.4) is 0 Å². The van der Waals surface area contributed by atoms with Gasteiger partial charge >= 0.3 is 0 Å². The number of nitro benzene ring substituents is 1. The number of nitrogens with zero attached hydrogens (tertiary/aromatic N) is 2. The zero-order valence-electron chi connectivity index (χ0n) is 7.55. The first kappa shape index (κ1) is 11.1. The monoisotopic (exact) mass is 210 g/mol. The maximum absolute atomic E-state index is 13.2. The maximum Gasteiger partial charge on any atom is 0.272 e. The van der Waals surface area contributed by atoms with Gasteiger partial charge in [0.1, 0.15) is 5.82 Å². The lowest BCUT2D eigenvalue weighted by Gasteiger charge is -2.07. The SMILES string of the molecule is N#CCC(O)c1ccc([N+](=O)[O-])cc1F. The average Bonchev–Trinajstić information content (AvgIpc) is 2.17. The highest BCUT2D eigenvalue weighted by Crippen LogP contribution is 2.23. The van der Waals surface area contributed by atoms with E-state index in [0.29, 0.717) is 0 Å². The molecule has 0 amide bonds. The van der Waals surface area contributed by atoms with E-state index in [1.165, 1.54) is 0 Å². The van der Waals surface area contributed by atoms with Gasteiger partial charge in [-0.05, 0) is 6.07 Å². The Hall–Kier alpha value is -2.00. The number of nitro groups is 1. The van der Waals surface area contributed by atoms with E-state index < -0.39 is 16.8 Å². The molecule has 1 aromatic rings. The van der Waals surface area contributed by atoms with Crippen molar-refractivity contribution >= 4 is 5.69 Å². The predicted octanol–water partition coefficient (Wildman–Crippen LogP) is 1.68. The number of halogens is 1. The van der Waals surface area contributed by atoms with E-state index in [1.807, 2.05) is 0 Å². The molecule has 0 bridgehead atoms. The quantitative estimate of drug-likeness (QED) is 0.607. The van der Waals surface area contributed by atoms with Crippen LogP contribution >= 0.6 is 0 Å². The van der Waals surface area contributed by atoms with Crippen LogP contribution in [0.15, 0.2) is 18.2 Å². The van der Waals surface area contributed by atoms with Gasteiger partial charge < -0.3 is 5.11 Å². The van der Waals surface area contributed by atoms with Gasteiger partial charge in [-0.2, -0.15) is 5.26 Å². The van der Waals surface area contributed by atoms with Crippen molar-refractivity contribution < 1.29 is 14.4 Å². The highest BCUT2D eigenvalue weighted by molar-refractivity contribution is 5.35. The predicted molar refractivity (Wildman–Crippen MR) is 48.2 cm³/mol. The number of rotatable bonds is 3. The van der Waals surface area contributed by atoms with E-state index in [4.69, 9.17) is 5.26 Å². The number of hydrogen-bond donors (Lipinski definition) is 1. The van der Waals surface area contributed by atoms with E-state index in [2.05, 4.69) is 0 Å². The highest BCUT2D eigenvalue weighted by Gasteiger charge is 2.16. The molecule has 78 valence electrons. The van der Waals surface area contributed by atoms with Crippen molar-refractivity contribution in [3.05, 3.63) is 39.7 Å². The van der Waals surface area contributed by atoms with Gasteiger partial charge in [-0.3, -0.25) is 10.1 Å². The Labute approximate surface area is 84.5 Å². The van der Waals surface area contributed by atoms with Crippen LogP contribution in [0.2, 0.25) is 0 Å². The van der Waals surface area contributed by atoms with Crippen LogP contribution in [-0.4, -0.2) is 10.0 Å². The molecule has 0 aliphatic carbocycles. The second-order valence-corrected chi connectivity index (χ2v) is 2.84. The van der Waals surface area contributed by atoms with Gasteiger partial charge in [0.15, 0.2) is 0 Å². The number of aliphatic hydroxyl groups is 1. The van der Waals surface area contributed by atoms with Crippen LogP contribution in [0.1, 0.15) is 18.1 Å². The Morgan fingerprint density at radius 1 is 1.67 bits per heavy atom. The van der Waals surface area contributed by atoms with Crippen molar-refractivity contribution in [1.82, 2.24) is 0 Å². The number of hydrogen-bond acceptors (Lipinski definition) is 4. The first-order valence-electron chi connectivity index (χ1n) is 4.05. The van der Waals surface area contributed by atoms with Gasteiger partial charge in [0.05, 0.1) is 29.6 Å². The van der Waals surface area contributed by atoms with Gasteiger partial charge in [-0.15, -0.1) is 0 Å². The number of benzene rings is 1. The van der Waals surface area contributed by atoms with Crippen LogP contribution in [0, 0.1) is 27.3 Å². The summed E-state index contributed by atoms with van der Waals surface area (Å²) < 4.78 is 13.2. The Bertz CT molecular complexity index is 428. The summed E-state index contributed by atoms with van der Waals surface area (Å²) in [5.41, 5.74) is -0.498. The number of non-ortho nitro benzene ring substituents is 1. The normalized spacial score (nSPS) is 11.8. The topological polar surface area (TPSA) is 87.2 Å². The van der Waals surface area contributed by atoms with Gasteiger partial charge in [0.25, 0.3) is 5.69 Å². The van der Waals surface area contributed by atoms with Crippen LogP contribution < -0.4 is 0 Å². The fourth-order valence-electron chi connectivity index (χ4n) is 1.10.